The van der Waals surface area contributed by atoms with Crippen molar-refractivity contribution in [2.45, 2.75) is 38.5 Å². The minimum absolute atomic E-state index is 0.108. The lowest BCUT2D eigenvalue weighted by atomic mass is 10.1. The first-order valence-electron chi connectivity index (χ1n) is 6.13. The minimum atomic E-state index is -0.108. The zero-order valence-electron chi connectivity index (χ0n) is 10.4. The Balaban J connectivity index is 2.04. The molecule has 0 heterocycles. The molecule has 0 spiro atoms. The van der Waals surface area contributed by atoms with Crippen molar-refractivity contribution in [3.63, 3.8) is 0 Å². The number of ether oxygens (including phenoxy) is 1. The van der Waals surface area contributed by atoms with Gasteiger partial charge in [0.1, 0.15) is 0 Å². The molecule has 2 N–H and O–H groups in total. The van der Waals surface area contributed by atoms with E-state index in [0.717, 1.165) is 37.8 Å². The van der Waals surface area contributed by atoms with Crippen LogP contribution in [-0.2, 0) is 16.0 Å². The predicted molar refractivity (Wildman–Crippen MR) is 69.7 cm³/mol. The molecule has 1 aromatic carbocycles. The van der Waals surface area contributed by atoms with Crippen LogP contribution in [0.15, 0.2) is 24.3 Å². The number of nitrogens with two attached hydrogens (primary N) is 1. The third-order valence-corrected chi connectivity index (χ3v) is 2.80. The van der Waals surface area contributed by atoms with Crippen LogP contribution in [0.5, 0.6) is 0 Å². The molecule has 3 heteroatoms. The molecule has 0 atom stereocenters. The van der Waals surface area contributed by atoms with Crippen molar-refractivity contribution in [3.05, 3.63) is 29.8 Å². The monoisotopic (exact) mass is 235 g/mol. The van der Waals surface area contributed by atoms with E-state index in [1.54, 1.807) is 0 Å². The van der Waals surface area contributed by atoms with E-state index in [2.05, 4.69) is 16.9 Å². The summed E-state index contributed by atoms with van der Waals surface area (Å²) in [5.74, 6) is -0.108. The fourth-order valence-electron chi connectivity index (χ4n) is 1.74. The van der Waals surface area contributed by atoms with Crippen LogP contribution < -0.4 is 5.73 Å². The molecule has 0 unspecified atom stereocenters. The van der Waals surface area contributed by atoms with E-state index in [0.29, 0.717) is 6.42 Å². The van der Waals surface area contributed by atoms with Crippen molar-refractivity contribution in [1.82, 2.24) is 0 Å². The van der Waals surface area contributed by atoms with Gasteiger partial charge in [-0.1, -0.05) is 25.0 Å². The molecule has 0 aromatic heterocycles. The van der Waals surface area contributed by atoms with Crippen LogP contribution in [0.25, 0.3) is 0 Å². The highest BCUT2D eigenvalue weighted by Gasteiger charge is 1.99. The van der Waals surface area contributed by atoms with Crippen LogP contribution in [0.2, 0.25) is 0 Å². The Hall–Kier alpha value is -1.51. The van der Waals surface area contributed by atoms with Gasteiger partial charge in [-0.3, -0.25) is 4.79 Å². The normalized spacial score (nSPS) is 10.2. The Bertz CT molecular complexity index is 333. The third kappa shape index (κ3) is 5.95. The Morgan fingerprint density at radius 1 is 1.12 bits per heavy atom. The van der Waals surface area contributed by atoms with Crippen LogP contribution in [0.1, 0.15) is 37.7 Å². The fourth-order valence-corrected chi connectivity index (χ4v) is 1.74. The number of esters is 1. The molecular weight excluding hydrogens is 214 g/mol. The number of unbranched alkanes of at least 4 members (excludes halogenated alkanes) is 3. The lowest BCUT2D eigenvalue weighted by molar-refractivity contribution is -0.140. The second-order valence-electron chi connectivity index (χ2n) is 4.23. The summed E-state index contributed by atoms with van der Waals surface area (Å²) in [6, 6.07) is 8.02. The van der Waals surface area contributed by atoms with Crippen LogP contribution in [0.4, 0.5) is 5.69 Å². The van der Waals surface area contributed by atoms with Gasteiger partial charge in [0, 0.05) is 12.1 Å². The van der Waals surface area contributed by atoms with Crippen LogP contribution >= 0.6 is 0 Å². The standard InChI is InChI=1S/C14H21NO2/c1-17-14(16)7-5-3-2-4-6-12-8-10-13(15)11-9-12/h8-11H,2-7,15H2,1H3. The van der Waals surface area contributed by atoms with E-state index in [9.17, 15) is 4.79 Å². The Labute approximate surface area is 103 Å². The molecule has 1 aromatic rings. The Morgan fingerprint density at radius 2 is 1.76 bits per heavy atom. The van der Waals surface area contributed by atoms with Gasteiger partial charge in [0.15, 0.2) is 0 Å². The summed E-state index contributed by atoms with van der Waals surface area (Å²) in [5.41, 5.74) is 7.76. The molecule has 0 fully saturated rings. The molecule has 17 heavy (non-hydrogen) atoms. The minimum Gasteiger partial charge on any atom is -0.469 e. The SMILES string of the molecule is COC(=O)CCCCCCc1ccc(N)cc1. The molecule has 94 valence electrons. The van der Waals surface area contributed by atoms with Gasteiger partial charge < -0.3 is 10.5 Å². The van der Waals surface area contributed by atoms with E-state index < -0.39 is 0 Å². The summed E-state index contributed by atoms with van der Waals surface area (Å²) in [5, 5.41) is 0. The third-order valence-electron chi connectivity index (χ3n) is 2.80. The van der Waals surface area contributed by atoms with Gasteiger partial charge >= 0.3 is 5.97 Å². The highest BCUT2D eigenvalue weighted by atomic mass is 16.5. The zero-order valence-corrected chi connectivity index (χ0v) is 10.4. The first kappa shape index (κ1) is 13.6. The van der Waals surface area contributed by atoms with Gasteiger partial charge in [-0.15, -0.1) is 0 Å². The maximum absolute atomic E-state index is 10.9. The number of carbonyl (C=O) groups excluding carboxylic acids is 1. The van der Waals surface area contributed by atoms with Crippen molar-refractivity contribution < 1.29 is 9.53 Å². The van der Waals surface area contributed by atoms with Crippen LogP contribution in [-0.4, -0.2) is 13.1 Å². The zero-order chi connectivity index (χ0) is 12.5. The lowest BCUT2D eigenvalue weighted by Crippen LogP contribution is -1.99. The molecule has 0 amide bonds. The fraction of sp³-hybridized carbons (Fsp3) is 0.500. The first-order chi connectivity index (χ1) is 8.22. The topological polar surface area (TPSA) is 52.3 Å². The maximum Gasteiger partial charge on any atom is 0.305 e. The number of methoxy groups -OCH3 is 1. The van der Waals surface area contributed by atoms with Gasteiger partial charge in [0.25, 0.3) is 0 Å². The number of rotatable bonds is 7. The number of benzene rings is 1. The van der Waals surface area contributed by atoms with Gasteiger partial charge in [-0.25, -0.2) is 0 Å². The summed E-state index contributed by atoms with van der Waals surface area (Å²) < 4.78 is 4.59. The highest BCUT2D eigenvalue weighted by Crippen LogP contribution is 2.11. The van der Waals surface area contributed by atoms with Crippen molar-refractivity contribution in [3.8, 4) is 0 Å². The Kier molecular flexibility index (Phi) is 6.15. The molecular formula is C14H21NO2. The molecule has 0 aliphatic heterocycles. The average molecular weight is 235 g/mol. The van der Waals surface area contributed by atoms with Crippen LogP contribution in [0.3, 0.4) is 0 Å². The van der Waals surface area contributed by atoms with Crippen molar-refractivity contribution in [2.24, 2.45) is 0 Å². The van der Waals surface area contributed by atoms with E-state index >= 15 is 0 Å². The number of aryl methyl sites for hydroxylation is 1. The number of hydrogen-bond acceptors (Lipinski definition) is 3. The van der Waals surface area contributed by atoms with Crippen molar-refractivity contribution in [1.29, 1.82) is 0 Å². The van der Waals surface area contributed by atoms with E-state index in [1.807, 2.05) is 12.1 Å². The summed E-state index contributed by atoms with van der Waals surface area (Å²) in [7, 11) is 1.43. The van der Waals surface area contributed by atoms with E-state index in [4.69, 9.17) is 5.73 Å². The van der Waals surface area contributed by atoms with Crippen molar-refractivity contribution >= 4 is 11.7 Å². The number of nitrogen functional groups attached to an aromatic ring is 1. The molecule has 0 saturated heterocycles. The van der Waals surface area contributed by atoms with Gasteiger partial charge in [-0.05, 0) is 37.0 Å². The lowest BCUT2D eigenvalue weighted by Gasteiger charge is -2.02. The predicted octanol–water partition coefficient (Wildman–Crippen LogP) is 2.93. The highest BCUT2D eigenvalue weighted by molar-refractivity contribution is 5.68. The molecule has 0 bridgehead atoms. The number of carbonyl (C=O) groups is 1. The van der Waals surface area contributed by atoms with Crippen molar-refractivity contribution in [2.75, 3.05) is 12.8 Å². The second-order valence-corrected chi connectivity index (χ2v) is 4.23. The molecule has 0 saturated carbocycles. The van der Waals surface area contributed by atoms with Gasteiger partial charge in [0.2, 0.25) is 0 Å². The smallest absolute Gasteiger partial charge is 0.305 e. The summed E-state index contributed by atoms with van der Waals surface area (Å²) in [4.78, 5) is 10.9. The first-order valence-corrected chi connectivity index (χ1v) is 6.13. The average Bonchev–Trinajstić information content (AvgIpc) is 2.35. The number of hydrogen-bond donors (Lipinski definition) is 1. The quantitative estimate of drug-likeness (QED) is 0.449. The summed E-state index contributed by atoms with van der Waals surface area (Å²) in [6.07, 6.45) is 5.95. The van der Waals surface area contributed by atoms with Gasteiger partial charge in [-0.2, -0.15) is 0 Å². The Morgan fingerprint density at radius 3 is 2.41 bits per heavy atom. The molecule has 1 rings (SSSR count). The molecule has 0 aliphatic carbocycles. The maximum atomic E-state index is 10.9. The summed E-state index contributed by atoms with van der Waals surface area (Å²) >= 11 is 0. The molecule has 3 nitrogen and oxygen atoms in total. The largest absolute Gasteiger partial charge is 0.469 e. The molecule has 0 aliphatic rings. The molecule has 0 radical (unpaired) electrons. The number of anilines is 1. The summed E-state index contributed by atoms with van der Waals surface area (Å²) in [6.45, 7) is 0. The van der Waals surface area contributed by atoms with E-state index in [-0.39, 0.29) is 5.97 Å². The van der Waals surface area contributed by atoms with E-state index in [1.165, 1.54) is 12.7 Å². The van der Waals surface area contributed by atoms with Crippen LogP contribution in [0, 0.1) is 0 Å². The second kappa shape index (κ2) is 7.71. The van der Waals surface area contributed by atoms with Gasteiger partial charge in [0.05, 0.1) is 7.11 Å².